The average molecular weight is 407 g/mol. The minimum atomic E-state index is -0.432. The number of hydrogen-bond acceptors (Lipinski definition) is 5. The first-order valence-corrected chi connectivity index (χ1v) is 9.93. The van der Waals surface area contributed by atoms with E-state index in [-0.39, 0.29) is 12.1 Å². The van der Waals surface area contributed by atoms with Crippen LogP contribution in [-0.4, -0.2) is 30.9 Å². The van der Waals surface area contributed by atoms with Gasteiger partial charge in [-0.2, -0.15) is 0 Å². The van der Waals surface area contributed by atoms with Crippen molar-refractivity contribution in [3.63, 3.8) is 0 Å². The molecule has 1 atom stereocenters. The second-order valence-electron chi connectivity index (χ2n) is 7.47. The van der Waals surface area contributed by atoms with E-state index in [1.54, 1.807) is 7.11 Å². The van der Waals surface area contributed by atoms with Gasteiger partial charge in [-0.15, -0.1) is 0 Å². The first-order chi connectivity index (χ1) is 13.2. The second kappa shape index (κ2) is 9.78. The first-order valence-electron chi connectivity index (χ1n) is 9.52. The molecule has 1 aliphatic heterocycles. The van der Waals surface area contributed by atoms with Gasteiger partial charge in [-0.05, 0) is 63.0 Å². The molecule has 1 heterocycles. The predicted octanol–water partition coefficient (Wildman–Crippen LogP) is 3.86. The molecule has 0 aromatic heterocycles. The van der Waals surface area contributed by atoms with Crippen LogP contribution < -0.4 is 20.1 Å². The van der Waals surface area contributed by atoms with E-state index < -0.39 is 6.04 Å². The highest BCUT2D eigenvalue weighted by Gasteiger charge is 2.32. The number of nitrogens with one attached hydrogen (secondary N) is 2. The van der Waals surface area contributed by atoms with Crippen LogP contribution in [0, 0.1) is 5.92 Å². The second-order valence-corrected chi connectivity index (χ2v) is 7.87. The quantitative estimate of drug-likeness (QED) is 0.502. The van der Waals surface area contributed by atoms with Crippen molar-refractivity contribution in [2.24, 2.45) is 5.92 Å². The highest BCUT2D eigenvalue weighted by molar-refractivity contribution is 7.80. The molecule has 0 fully saturated rings. The number of ether oxygens (including phenoxy) is 3. The van der Waals surface area contributed by atoms with Crippen molar-refractivity contribution in [3.05, 3.63) is 35.0 Å². The maximum atomic E-state index is 12.7. The van der Waals surface area contributed by atoms with Crippen LogP contribution in [0.2, 0.25) is 0 Å². The Bertz CT molecular complexity index is 759. The number of carbonyl (C=O) groups is 1. The minimum Gasteiger partial charge on any atom is -0.493 e. The molecule has 2 rings (SSSR count). The summed E-state index contributed by atoms with van der Waals surface area (Å²) >= 11 is 5.29. The number of esters is 1. The number of hydrogen-bond donors (Lipinski definition) is 2. The zero-order chi connectivity index (χ0) is 20.8. The Labute approximate surface area is 172 Å². The Morgan fingerprint density at radius 3 is 2.54 bits per heavy atom. The summed E-state index contributed by atoms with van der Waals surface area (Å²) < 4.78 is 16.8. The molecule has 7 heteroatoms. The van der Waals surface area contributed by atoms with Crippen LogP contribution in [0.25, 0.3) is 0 Å². The van der Waals surface area contributed by atoms with Gasteiger partial charge in [0.1, 0.15) is 0 Å². The third-order valence-electron chi connectivity index (χ3n) is 4.31. The molecule has 1 unspecified atom stereocenters. The molecule has 28 heavy (non-hydrogen) atoms. The Kier molecular flexibility index (Phi) is 7.69. The van der Waals surface area contributed by atoms with Gasteiger partial charge in [0.05, 0.1) is 31.4 Å². The molecule has 1 aromatic rings. The number of thiocarbonyl (C=S) groups is 1. The first kappa shape index (κ1) is 22.0. The van der Waals surface area contributed by atoms with Gasteiger partial charge < -0.3 is 24.8 Å². The monoisotopic (exact) mass is 406 g/mol. The fourth-order valence-electron chi connectivity index (χ4n) is 2.88. The fourth-order valence-corrected chi connectivity index (χ4v) is 3.15. The van der Waals surface area contributed by atoms with Crippen LogP contribution >= 0.6 is 12.2 Å². The largest absolute Gasteiger partial charge is 0.493 e. The summed E-state index contributed by atoms with van der Waals surface area (Å²) in [5.74, 6) is 1.47. The van der Waals surface area contributed by atoms with E-state index in [2.05, 4.69) is 24.5 Å². The third kappa shape index (κ3) is 5.61. The van der Waals surface area contributed by atoms with E-state index in [0.29, 0.717) is 40.4 Å². The van der Waals surface area contributed by atoms with Gasteiger partial charge in [0, 0.05) is 5.70 Å². The van der Waals surface area contributed by atoms with Crippen molar-refractivity contribution >= 4 is 23.3 Å². The van der Waals surface area contributed by atoms with E-state index in [1.165, 1.54) is 0 Å². The van der Waals surface area contributed by atoms with Crippen LogP contribution in [-0.2, 0) is 9.53 Å². The van der Waals surface area contributed by atoms with Crippen molar-refractivity contribution in [1.82, 2.24) is 10.6 Å². The summed E-state index contributed by atoms with van der Waals surface area (Å²) in [6.07, 6.45) is 0.746. The maximum absolute atomic E-state index is 12.7. The van der Waals surface area contributed by atoms with E-state index >= 15 is 0 Å². The Morgan fingerprint density at radius 2 is 1.93 bits per heavy atom. The molecule has 0 radical (unpaired) electrons. The molecule has 1 aliphatic rings. The lowest BCUT2D eigenvalue weighted by Gasteiger charge is -2.30. The van der Waals surface area contributed by atoms with E-state index in [1.807, 2.05) is 39.0 Å². The summed E-state index contributed by atoms with van der Waals surface area (Å²) in [6, 6.07) is 5.21. The van der Waals surface area contributed by atoms with Gasteiger partial charge in [-0.3, -0.25) is 0 Å². The van der Waals surface area contributed by atoms with Crippen LogP contribution in [0.15, 0.2) is 29.5 Å². The summed E-state index contributed by atoms with van der Waals surface area (Å²) in [5, 5.41) is 6.62. The van der Waals surface area contributed by atoms with Gasteiger partial charge >= 0.3 is 5.97 Å². The normalized spacial score (nSPS) is 16.7. The molecule has 0 saturated heterocycles. The topological polar surface area (TPSA) is 68.8 Å². The Balaban J connectivity index is 2.33. The molecule has 0 aliphatic carbocycles. The van der Waals surface area contributed by atoms with Crippen LogP contribution in [0.5, 0.6) is 11.5 Å². The Morgan fingerprint density at radius 1 is 1.21 bits per heavy atom. The molecule has 1 aromatic carbocycles. The molecule has 154 valence electrons. The summed E-state index contributed by atoms with van der Waals surface area (Å²) in [6.45, 7) is 10.4. The van der Waals surface area contributed by atoms with Crippen molar-refractivity contribution in [2.45, 2.75) is 53.2 Å². The summed E-state index contributed by atoms with van der Waals surface area (Å²) in [5.41, 5.74) is 2.01. The molecule has 0 spiro atoms. The van der Waals surface area contributed by atoms with Crippen LogP contribution in [0.3, 0.4) is 0 Å². The van der Waals surface area contributed by atoms with Gasteiger partial charge in [0.15, 0.2) is 16.6 Å². The van der Waals surface area contributed by atoms with Crippen molar-refractivity contribution < 1.29 is 19.0 Å². The lowest BCUT2D eigenvalue weighted by atomic mass is 9.95. The summed E-state index contributed by atoms with van der Waals surface area (Å²) in [4.78, 5) is 12.7. The predicted molar refractivity (Wildman–Crippen MR) is 113 cm³/mol. The minimum absolute atomic E-state index is 0.214. The lowest BCUT2D eigenvalue weighted by Crippen LogP contribution is -2.45. The highest BCUT2D eigenvalue weighted by Crippen LogP contribution is 2.34. The molecular formula is C21H30N2O4S. The molecular weight excluding hydrogens is 376 g/mol. The van der Waals surface area contributed by atoms with Gasteiger partial charge in [0.2, 0.25) is 0 Å². The smallest absolute Gasteiger partial charge is 0.338 e. The van der Waals surface area contributed by atoms with E-state index in [0.717, 1.165) is 12.0 Å². The van der Waals surface area contributed by atoms with Gasteiger partial charge in [-0.1, -0.05) is 19.9 Å². The zero-order valence-electron chi connectivity index (χ0n) is 17.4. The molecule has 6 nitrogen and oxygen atoms in total. The van der Waals surface area contributed by atoms with Crippen LogP contribution in [0.1, 0.15) is 52.6 Å². The number of carbonyl (C=O) groups excluding carboxylic acids is 1. The Hall–Kier alpha value is -2.28. The average Bonchev–Trinajstić information content (AvgIpc) is 2.60. The third-order valence-corrected chi connectivity index (χ3v) is 4.53. The van der Waals surface area contributed by atoms with Gasteiger partial charge in [-0.25, -0.2) is 4.79 Å². The summed E-state index contributed by atoms with van der Waals surface area (Å²) in [7, 11) is 1.60. The molecule has 0 bridgehead atoms. The van der Waals surface area contributed by atoms with Crippen molar-refractivity contribution in [2.75, 3.05) is 13.7 Å². The number of methoxy groups -OCH3 is 1. The van der Waals surface area contributed by atoms with E-state index in [4.69, 9.17) is 26.4 Å². The van der Waals surface area contributed by atoms with E-state index in [9.17, 15) is 4.79 Å². The number of benzene rings is 1. The molecule has 0 amide bonds. The van der Waals surface area contributed by atoms with Crippen molar-refractivity contribution in [3.8, 4) is 11.5 Å². The standard InChI is InChI=1S/C21H30N2O4S/c1-12(2)9-10-26-16-8-7-15(11-17(16)25-6)19-18(20(24)27-13(3)4)14(5)22-21(28)23-19/h7-8,11-13,19H,9-10H2,1-6H3,(H2,22,23,28). The fraction of sp³-hybridized carbons (Fsp3) is 0.524. The number of rotatable bonds is 8. The lowest BCUT2D eigenvalue weighted by molar-refractivity contribution is -0.143. The van der Waals surface area contributed by atoms with Gasteiger partial charge in [0.25, 0.3) is 0 Å². The van der Waals surface area contributed by atoms with Crippen molar-refractivity contribution in [1.29, 1.82) is 0 Å². The highest BCUT2D eigenvalue weighted by atomic mass is 32.1. The zero-order valence-corrected chi connectivity index (χ0v) is 18.2. The SMILES string of the molecule is COc1cc(C2NC(=S)NC(C)=C2C(=O)OC(C)C)ccc1OCCC(C)C. The molecule has 0 saturated carbocycles. The molecule has 2 N–H and O–H groups in total. The van der Waals surface area contributed by atoms with Crippen LogP contribution in [0.4, 0.5) is 0 Å². The maximum Gasteiger partial charge on any atom is 0.338 e. The number of allylic oxidation sites excluding steroid dienone is 1.